The van der Waals surface area contributed by atoms with Gasteiger partial charge in [0, 0.05) is 23.9 Å². The van der Waals surface area contributed by atoms with Gasteiger partial charge in [-0.15, -0.1) is 53.5 Å². The Labute approximate surface area is 254 Å². The Bertz CT molecular complexity index is 1830. The van der Waals surface area contributed by atoms with Crippen molar-refractivity contribution in [3.63, 3.8) is 0 Å². The van der Waals surface area contributed by atoms with Crippen LogP contribution in [0.4, 0.5) is 17.3 Å². The summed E-state index contributed by atoms with van der Waals surface area (Å²) in [6.45, 7) is 9.20. The van der Waals surface area contributed by atoms with Crippen molar-refractivity contribution in [3.8, 4) is 11.5 Å². The van der Waals surface area contributed by atoms with Crippen LogP contribution in [-0.2, 0) is 26.5 Å². The van der Waals surface area contributed by atoms with Crippen molar-refractivity contribution in [1.82, 2.24) is 14.5 Å². The Balaban J connectivity index is 0.00000302. The van der Waals surface area contributed by atoms with Crippen molar-refractivity contribution < 1.29 is 25.8 Å². The zero-order chi connectivity index (χ0) is 27.4. The van der Waals surface area contributed by atoms with Gasteiger partial charge in [-0.25, -0.2) is 9.97 Å². The summed E-state index contributed by atoms with van der Waals surface area (Å²) in [4.78, 5) is 13.0. The monoisotopic (exact) mass is 719 g/mol. The molecule has 5 aromatic rings. The Kier molecular flexibility index (Phi) is 6.86. The predicted molar refractivity (Wildman–Crippen MR) is 161 cm³/mol. The van der Waals surface area contributed by atoms with Crippen LogP contribution in [-0.4, -0.2) is 28.1 Å². The zero-order valence-electron chi connectivity index (χ0n) is 23.2. The molecule has 0 N–H and O–H groups in total. The van der Waals surface area contributed by atoms with Crippen LogP contribution in [0.15, 0.2) is 79.2 Å². The van der Waals surface area contributed by atoms with Crippen molar-refractivity contribution in [2.45, 2.75) is 26.2 Å². The Morgan fingerprint density at radius 2 is 1.76 bits per heavy atom. The summed E-state index contributed by atoms with van der Waals surface area (Å²) in [5.41, 5.74) is 3.86. The molecule has 0 saturated heterocycles. The summed E-state index contributed by atoms with van der Waals surface area (Å²) in [6, 6.07) is 23.7. The molecule has 3 aromatic carbocycles. The van der Waals surface area contributed by atoms with E-state index < -0.39 is 0 Å². The van der Waals surface area contributed by atoms with Crippen LogP contribution in [0.3, 0.4) is 0 Å². The molecule has 7 rings (SSSR count). The van der Waals surface area contributed by atoms with E-state index in [4.69, 9.17) is 10.1 Å². The summed E-state index contributed by atoms with van der Waals surface area (Å²) in [5.74, 6) is 3.66. The third-order valence-electron chi connectivity index (χ3n) is 7.21. The SMILES string of the molecule is CN1[CH-]N(c2[c-]c(Oc3[c-]c4c(cc3)c3ccccc3n4C3=CC=CC[N-]3)cc(C(C)(C)C)c2)c2nccnc21.[Pt+4]. The largest absolute Gasteiger partial charge is 4.00 e. The molecule has 0 atom stereocenters. The second-order valence-electron chi connectivity index (χ2n) is 11.0. The molecule has 206 valence electrons. The third kappa shape index (κ3) is 4.78. The maximum atomic E-state index is 6.50. The van der Waals surface area contributed by atoms with Crippen LogP contribution in [0.25, 0.3) is 32.9 Å². The molecule has 0 amide bonds. The molecule has 0 saturated carbocycles. The van der Waals surface area contributed by atoms with E-state index >= 15 is 0 Å². The Hall–Kier alpha value is -4.09. The van der Waals surface area contributed by atoms with Crippen LogP contribution in [0.5, 0.6) is 11.5 Å². The fourth-order valence-corrected chi connectivity index (χ4v) is 5.20. The number of aromatic nitrogens is 3. The van der Waals surface area contributed by atoms with Crippen LogP contribution in [0.1, 0.15) is 26.3 Å². The predicted octanol–water partition coefficient (Wildman–Crippen LogP) is 7.72. The topological polar surface area (TPSA) is 60.5 Å². The first-order valence-corrected chi connectivity index (χ1v) is 13.3. The van der Waals surface area contributed by atoms with Gasteiger partial charge in [-0.1, -0.05) is 80.2 Å². The number of ether oxygens (including phenoxy) is 1. The summed E-state index contributed by atoms with van der Waals surface area (Å²) in [5, 5.41) is 7.01. The molecule has 0 aliphatic carbocycles. The first kappa shape index (κ1) is 27.1. The van der Waals surface area contributed by atoms with E-state index in [9.17, 15) is 0 Å². The van der Waals surface area contributed by atoms with Gasteiger partial charge in [-0.2, -0.15) is 6.07 Å². The van der Waals surface area contributed by atoms with E-state index in [0.717, 1.165) is 50.5 Å². The van der Waals surface area contributed by atoms with E-state index in [2.05, 4.69) is 89.9 Å². The van der Waals surface area contributed by atoms with Gasteiger partial charge in [-0.3, -0.25) is 0 Å². The van der Waals surface area contributed by atoms with E-state index in [1.807, 2.05) is 47.8 Å². The van der Waals surface area contributed by atoms with Crippen LogP contribution < -0.4 is 14.5 Å². The van der Waals surface area contributed by atoms with Crippen LogP contribution in [0.2, 0.25) is 0 Å². The molecule has 2 aliphatic rings. The van der Waals surface area contributed by atoms with E-state index in [1.54, 1.807) is 12.4 Å². The second-order valence-corrected chi connectivity index (χ2v) is 11.0. The minimum Gasteiger partial charge on any atom is -0.509 e. The minimum atomic E-state index is -0.110. The molecule has 0 unspecified atom stereocenters. The molecule has 2 aliphatic heterocycles. The van der Waals surface area contributed by atoms with Gasteiger partial charge in [0.15, 0.2) is 0 Å². The number of rotatable bonds is 4. The van der Waals surface area contributed by atoms with Crippen molar-refractivity contribution in [3.05, 3.63) is 109 Å². The quantitative estimate of drug-likeness (QED) is 0.178. The molecule has 4 heterocycles. The fraction of sp³-hybridized carbons (Fsp3) is 0.182. The maximum Gasteiger partial charge on any atom is 4.00 e. The van der Waals surface area contributed by atoms with Crippen LogP contribution in [0, 0.1) is 18.8 Å². The number of hydrogen-bond acceptors (Lipinski definition) is 5. The number of anilines is 3. The first-order chi connectivity index (χ1) is 19.4. The normalized spacial score (nSPS) is 14.6. The minimum absolute atomic E-state index is 0. The molecule has 41 heavy (non-hydrogen) atoms. The fourth-order valence-electron chi connectivity index (χ4n) is 5.20. The standard InChI is InChI=1S/C33H28N6O.Pt/c1-33(2,3)22-17-23(38-21-37(4)31-32(38)36-16-15-35-31)19-25(18-22)40-24-12-13-27-26-9-5-6-10-28(26)39(29(27)20-24)30-11-7-8-14-34-30;/h5-13,15-18,21H,14H2,1-4H3;/q-4;+4. The summed E-state index contributed by atoms with van der Waals surface area (Å²) < 4.78 is 8.66. The molecule has 0 spiro atoms. The van der Waals surface area contributed by atoms with Gasteiger partial charge in [0.05, 0.1) is 0 Å². The van der Waals surface area contributed by atoms with Gasteiger partial charge in [0.1, 0.15) is 11.6 Å². The summed E-state index contributed by atoms with van der Waals surface area (Å²) in [7, 11) is 1.96. The van der Waals surface area contributed by atoms with Crippen molar-refractivity contribution >= 4 is 44.9 Å². The number of benzene rings is 3. The zero-order valence-corrected chi connectivity index (χ0v) is 25.5. The van der Waals surface area contributed by atoms with Crippen molar-refractivity contribution in [1.29, 1.82) is 0 Å². The molecule has 7 nitrogen and oxygen atoms in total. The Morgan fingerprint density at radius 3 is 2.54 bits per heavy atom. The third-order valence-corrected chi connectivity index (χ3v) is 7.21. The van der Waals surface area contributed by atoms with Gasteiger partial charge >= 0.3 is 21.1 Å². The second kappa shape index (κ2) is 10.4. The van der Waals surface area contributed by atoms with E-state index in [1.165, 1.54) is 0 Å². The molecular formula is C33H28N6OPt. The van der Waals surface area contributed by atoms with Gasteiger partial charge in [0.2, 0.25) is 0 Å². The van der Waals surface area contributed by atoms with Gasteiger partial charge in [0.25, 0.3) is 0 Å². The molecular weight excluding hydrogens is 691 g/mol. The van der Waals surface area contributed by atoms with Gasteiger partial charge < -0.3 is 24.4 Å². The molecule has 0 fully saturated rings. The van der Waals surface area contributed by atoms with Crippen molar-refractivity contribution in [2.24, 2.45) is 0 Å². The number of nitrogens with zero attached hydrogens (tertiary/aromatic N) is 6. The summed E-state index contributed by atoms with van der Waals surface area (Å²) in [6.07, 6.45) is 9.54. The van der Waals surface area contributed by atoms with Crippen molar-refractivity contribution in [2.75, 3.05) is 23.4 Å². The number of hydrogen-bond donors (Lipinski definition) is 0. The average Bonchev–Trinajstić information content (AvgIpc) is 3.47. The van der Waals surface area contributed by atoms with Gasteiger partial charge in [-0.05, 0) is 24.5 Å². The molecule has 0 bridgehead atoms. The first-order valence-electron chi connectivity index (χ1n) is 13.3. The molecule has 8 heteroatoms. The smallest absolute Gasteiger partial charge is 0.509 e. The number of para-hydroxylation sites is 1. The Morgan fingerprint density at radius 1 is 0.951 bits per heavy atom. The maximum absolute atomic E-state index is 6.50. The average molecular weight is 720 g/mol. The van der Waals surface area contributed by atoms with E-state index in [-0.39, 0.29) is 26.5 Å². The molecule has 2 aromatic heterocycles. The van der Waals surface area contributed by atoms with Crippen LogP contribution >= 0.6 is 0 Å². The van der Waals surface area contributed by atoms with E-state index in [0.29, 0.717) is 18.0 Å². The molecule has 0 radical (unpaired) electrons. The number of fused-ring (bicyclic) bond motifs is 4. The number of allylic oxidation sites excluding steroid dienone is 2. The summed E-state index contributed by atoms with van der Waals surface area (Å²) >= 11 is 0.